The van der Waals surface area contributed by atoms with Crippen molar-refractivity contribution in [1.82, 2.24) is 15.2 Å². The molecule has 0 spiro atoms. The number of carboxylic acids is 1. The number of Topliss-reactive ketones (excluding diaryl/α,β-unsaturated/α-hetero) is 1. The van der Waals surface area contributed by atoms with Crippen molar-refractivity contribution in [3.8, 4) is 5.75 Å². The van der Waals surface area contributed by atoms with E-state index >= 15 is 0 Å². The number of rotatable bonds is 8. The number of nitrogens with one attached hydrogen (secondary N) is 1. The van der Waals surface area contributed by atoms with Gasteiger partial charge in [0.2, 0.25) is 5.54 Å². The number of sulfonamides is 1. The number of hydrogen-bond donors (Lipinski definition) is 2. The fraction of sp³-hybridized carbons (Fsp3) is 0.391. The highest BCUT2D eigenvalue weighted by atomic mass is 32.2. The largest absolute Gasteiger partial charge is 0.479 e. The Morgan fingerprint density at radius 1 is 1.17 bits per heavy atom. The zero-order valence-corrected chi connectivity index (χ0v) is 22.1. The van der Waals surface area contributed by atoms with Gasteiger partial charge in [-0.25, -0.2) is 18.9 Å². The number of amides is 1. The van der Waals surface area contributed by atoms with Crippen LogP contribution in [0.3, 0.4) is 0 Å². The third-order valence-electron chi connectivity index (χ3n) is 5.46. The number of carbonyl (C=O) groups excluding carboxylic acids is 2. The summed E-state index contributed by atoms with van der Waals surface area (Å²) in [5.41, 5.74) is -3.11. The number of aliphatic carboxylic acids is 1. The highest BCUT2D eigenvalue weighted by Gasteiger charge is 2.56. The van der Waals surface area contributed by atoms with Crippen LogP contribution in [0.15, 0.2) is 53.7 Å². The Kier molecular flexibility index (Phi) is 7.67. The van der Waals surface area contributed by atoms with Crippen LogP contribution >= 0.6 is 11.8 Å². The van der Waals surface area contributed by atoms with Crippen LogP contribution in [0, 0.1) is 0 Å². The molecule has 1 aromatic carbocycles. The van der Waals surface area contributed by atoms with Crippen LogP contribution < -0.4 is 14.4 Å². The van der Waals surface area contributed by atoms with Crippen LogP contribution in [-0.2, 0) is 19.6 Å². The summed E-state index contributed by atoms with van der Waals surface area (Å²) >= 11 is 1.21. The number of thioether (sulfide) groups is 1. The van der Waals surface area contributed by atoms with Crippen molar-refractivity contribution in [3.63, 3.8) is 0 Å². The van der Waals surface area contributed by atoms with Gasteiger partial charge in [-0.2, -0.15) is 8.42 Å². The zero-order valence-electron chi connectivity index (χ0n) is 20.5. The lowest BCUT2D eigenvalue weighted by molar-refractivity contribution is -0.147. The Labute approximate surface area is 213 Å². The number of hydrogen-bond acceptors (Lipinski definition) is 9. The first-order valence-electron chi connectivity index (χ1n) is 10.8. The standard InChI is InChI=1S/C23H28N4O7S2/c1-22(2)14-35-19(25-22)18(28)23(3,20(29)30)27(36(32,33)17-8-6-7-13-24-17)15-9-11-16(12-10-15)34-21(31)26(4)5/h6-13,19,25H,14H2,1-5H3,(H,29,30)/t19-,23+/m0/s1. The second-order valence-corrected chi connectivity index (χ2v) is 12.0. The summed E-state index contributed by atoms with van der Waals surface area (Å²) in [6.45, 7) is 4.79. The van der Waals surface area contributed by atoms with E-state index < -0.39 is 49.3 Å². The second-order valence-electron chi connectivity index (χ2n) is 9.15. The average molecular weight is 537 g/mol. The molecule has 0 saturated carbocycles. The topological polar surface area (TPSA) is 146 Å². The molecule has 13 heteroatoms. The van der Waals surface area contributed by atoms with Gasteiger partial charge >= 0.3 is 12.1 Å². The summed E-state index contributed by atoms with van der Waals surface area (Å²) in [5.74, 6) is -1.86. The molecule has 2 heterocycles. The summed E-state index contributed by atoms with van der Waals surface area (Å²) in [6.07, 6.45) is 0.601. The molecular formula is C23H28N4O7S2. The molecule has 36 heavy (non-hydrogen) atoms. The van der Waals surface area contributed by atoms with Crippen LogP contribution in [0.25, 0.3) is 0 Å². The van der Waals surface area contributed by atoms with Crippen molar-refractivity contribution >= 4 is 45.3 Å². The molecule has 2 atom stereocenters. The minimum atomic E-state index is -4.64. The van der Waals surface area contributed by atoms with Gasteiger partial charge in [0, 0.05) is 31.6 Å². The molecule has 1 aliphatic rings. The fourth-order valence-corrected chi connectivity index (χ4v) is 6.62. The number of ketones is 1. The molecule has 1 aromatic heterocycles. The van der Waals surface area contributed by atoms with Crippen LogP contribution in [0.5, 0.6) is 5.75 Å². The van der Waals surface area contributed by atoms with Gasteiger partial charge in [0.25, 0.3) is 10.0 Å². The predicted molar refractivity (Wildman–Crippen MR) is 135 cm³/mol. The van der Waals surface area contributed by atoms with Crippen molar-refractivity contribution in [2.45, 2.75) is 42.2 Å². The Morgan fingerprint density at radius 3 is 2.28 bits per heavy atom. The van der Waals surface area contributed by atoms with Crippen LogP contribution in [0.4, 0.5) is 10.5 Å². The number of anilines is 1. The van der Waals surface area contributed by atoms with Gasteiger partial charge in [-0.3, -0.25) is 10.1 Å². The number of carbonyl (C=O) groups is 3. The van der Waals surface area contributed by atoms with E-state index in [4.69, 9.17) is 4.74 Å². The summed E-state index contributed by atoms with van der Waals surface area (Å²) in [7, 11) is -1.65. The number of benzene rings is 1. The molecule has 0 bridgehead atoms. The maximum atomic E-state index is 13.8. The Balaban J connectivity index is 2.15. The van der Waals surface area contributed by atoms with Crippen molar-refractivity contribution in [2.24, 2.45) is 0 Å². The Bertz CT molecular complexity index is 1250. The van der Waals surface area contributed by atoms with E-state index in [-0.39, 0.29) is 11.4 Å². The lowest BCUT2D eigenvalue weighted by Crippen LogP contribution is -2.64. The maximum absolute atomic E-state index is 13.8. The molecule has 0 radical (unpaired) electrons. The van der Waals surface area contributed by atoms with E-state index in [1.54, 1.807) is 0 Å². The first kappa shape index (κ1) is 27.4. The lowest BCUT2D eigenvalue weighted by Gasteiger charge is -2.38. The molecule has 1 saturated heterocycles. The number of carboxylic acid groups (broad SMARTS) is 1. The maximum Gasteiger partial charge on any atom is 0.414 e. The zero-order chi connectivity index (χ0) is 26.9. The Morgan fingerprint density at radius 2 is 1.81 bits per heavy atom. The van der Waals surface area contributed by atoms with Crippen LogP contribution in [0.1, 0.15) is 20.8 Å². The first-order chi connectivity index (χ1) is 16.7. The van der Waals surface area contributed by atoms with Crippen molar-refractivity contribution < 1.29 is 32.6 Å². The minimum absolute atomic E-state index is 0.103. The second kappa shape index (κ2) is 10.1. The van der Waals surface area contributed by atoms with E-state index in [2.05, 4.69) is 10.3 Å². The molecule has 3 rings (SSSR count). The van der Waals surface area contributed by atoms with Gasteiger partial charge in [-0.1, -0.05) is 6.07 Å². The lowest BCUT2D eigenvalue weighted by atomic mass is 9.94. The average Bonchev–Trinajstić information content (AvgIpc) is 3.19. The van der Waals surface area contributed by atoms with Crippen LogP contribution in [0.2, 0.25) is 0 Å². The quantitative estimate of drug-likeness (QED) is 0.481. The molecule has 2 aromatic rings. The summed E-state index contributed by atoms with van der Waals surface area (Å²) < 4.78 is 33.4. The van der Waals surface area contributed by atoms with Crippen molar-refractivity contribution in [3.05, 3.63) is 48.7 Å². The smallest absolute Gasteiger partial charge is 0.414 e. The minimum Gasteiger partial charge on any atom is -0.479 e. The molecule has 0 unspecified atom stereocenters. The van der Waals surface area contributed by atoms with Gasteiger partial charge in [0.1, 0.15) is 11.1 Å². The Hall–Kier alpha value is -3.16. The fourth-order valence-electron chi connectivity index (χ4n) is 3.49. The predicted octanol–water partition coefficient (Wildman–Crippen LogP) is 2.19. The van der Waals surface area contributed by atoms with Crippen molar-refractivity contribution in [1.29, 1.82) is 0 Å². The third kappa shape index (κ3) is 5.32. The molecule has 1 amide bonds. The monoisotopic (exact) mass is 536 g/mol. The highest BCUT2D eigenvalue weighted by molar-refractivity contribution is 8.01. The number of pyridine rings is 1. The van der Waals surface area contributed by atoms with E-state index in [9.17, 15) is 27.9 Å². The van der Waals surface area contributed by atoms with Gasteiger partial charge in [-0.05, 0) is 57.2 Å². The number of aromatic nitrogens is 1. The molecule has 2 N–H and O–H groups in total. The molecular weight excluding hydrogens is 508 g/mol. The highest BCUT2D eigenvalue weighted by Crippen LogP contribution is 2.37. The summed E-state index contributed by atoms with van der Waals surface area (Å²) in [6, 6.07) is 9.34. The third-order valence-corrected chi connectivity index (χ3v) is 8.84. The van der Waals surface area contributed by atoms with Gasteiger partial charge in [-0.15, -0.1) is 11.8 Å². The number of ether oxygens (including phenoxy) is 1. The molecule has 1 aliphatic heterocycles. The van der Waals surface area contributed by atoms with Gasteiger partial charge < -0.3 is 14.7 Å². The van der Waals surface area contributed by atoms with E-state index in [0.717, 1.165) is 6.92 Å². The van der Waals surface area contributed by atoms with Gasteiger partial charge in [0.05, 0.1) is 5.69 Å². The summed E-state index contributed by atoms with van der Waals surface area (Å²) in [5, 5.41) is 12.0. The molecule has 0 aliphatic carbocycles. The first-order valence-corrected chi connectivity index (χ1v) is 13.3. The number of nitrogens with zero attached hydrogens (tertiary/aromatic N) is 3. The van der Waals surface area contributed by atoms with Crippen LogP contribution in [-0.4, -0.2) is 77.6 Å². The van der Waals surface area contributed by atoms with Crippen molar-refractivity contribution in [2.75, 3.05) is 24.2 Å². The van der Waals surface area contributed by atoms with E-state index in [1.165, 1.54) is 79.4 Å². The van der Waals surface area contributed by atoms with E-state index in [1.807, 2.05) is 13.8 Å². The molecule has 1 fully saturated rings. The van der Waals surface area contributed by atoms with Gasteiger partial charge in [0.15, 0.2) is 10.8 Å². The summed E-state index contributed by atoms with van der Waals surface area (Å²) in [4.78, 5) is 43.4. The SMILES string of the molecule is CN(C)C(=O)Oc1ccc(N([C@@](C)(C(=O)O)C(=O)[C@H]2NC(C)(C)CS2)S(=O)(=O)c2ccccn2)cc1. The normalized spacial score (nSPS) is 18.6. The molecule has 194 valence electrons. The van der Waals surface area contributed by atoms with E-state index in [0.29, 0.717) is 10.1 Å². The molecule has 11 nitrogen and oxygen atoms in total.